The molecular weight excluding hydrogens is 422 g/mol. The van der Waals surface area contributed by atoms with Crippen molar-refractivity contribution >= 4 is 45.6 Å². The van der Waals surface area contributed by atoms with E-state index >= 15 is 0 Å². The highest BCUT2D eigenvalue weighted by Gasteiger charge is 2.25. The molecule has 1 amide bonds. The van der Waals surface area contributed by atoms with Crippen LogP contribution in [0.5, 0.6) is 0 Å². The second kappa shape index (κ2) is 9.69. The van der Waals surface area contributed by atoms with Gasteiger partial charge >= 0.3 is 5.97 Å². The molecule has 0 unspecified atom stereocenters. The number of halogens is 1. The first-order valence-corrected chi connectivity index (χ1v) is 10.5. The van der Waals surface area contributed by atoms with Gasteiger partial charge in [-0.05, 0) is 36.8 Å². The molecule has 1 heterocycles. The predicted octanol–water partition coefficient (Wildman–Crippen LogP) is 5.77. The lowest BCUT2D eigenvalue weighted by atomic mass is 10.0. The maximum Gasteiger partial charge on any atom is 0.341 e. The minimum Gasteiger partial charge on any atom is -0.465 e. The minimum atomic E-state index is -0.522. The number of carbonyl (C=O) groups excluding carboxylic acids is 3. The monoisotopic (exact) mass is 441 g/mol. The summed E-state index contributed by atoms with van der Waals surface area (Å²) in [6, 6.07) is 16.0. The third-order valence-corrected chi connectivity index (χ3v) is 5.81. The molecule has 154 valence electrons. The Hall–Kier alpha value is -2.96. The zero-order valence-corrected chi connectivity index (χ0v) is 18.1. The summed E-state index contributed by atoms with van der Waals surface area (Å²) < 4.78 is 4.95. The molecule has 3 rings (SSSR count). The lowest BCUT2D eigenvalue weighted by Crippen LogP contribution is -2.15. The maximum atomic E-state index is 12.5. The van der Waals surface area contributed by atoms with Crippen molar-refractivity contribution in [3.63, 3.8) is 0 Å². The molecule has 1 aromatic heterocycles. The molecule has 30 heavy (non-hydrogen) atoms. The van der Waals surface area contributed by atoms with Crippen LogP contribution < -0.4 is 5.32 Å². The van der Waals surface area contributed by atoms with E-state index < -0.39 is 5.97 Å². The van der Waals surface area contributed by atoms with Crippen molar-refractivity contribution in [3.8, 4) is 11.1 Å². The zero-order valence-electron chi connectivity index (χ0n) is 16.5. The third-order valence-electron chi connectivity index (χ3n) is 4.53. The van der Waals surface area contributed by atoms with Crippen LogP contribution in [0.2, 0.25) is 5.02 Å². The second-order valence-corrected chi connectivity index (χ2v) is 8.23. The van der Waals surface area contributed by atoms with Crippen molar-refractivity contribution in [2.75, 3.05) is 12.4 Å². The van der Waals surface area contributed by atoms with E-state index in [0.717, 1.165) is 16.0 Å². The Bertz CT molecular complexity index is 1070. The number of carbonyl (C=O) groups is 3. The van der Waals surface area contributed by atoms with Gasteiger partial charge in [0.05, 0.1) is 7.11 Å². The predicted molar refractivity (Wildman–Crippen MR) is 119 cm³/mol. The molecule has 0 fully saturated rings. The number of rotatable bonds is 7. The van der Waals surface area contributed by atoms with Crippen molar-refractivity contribution in [2.24, 2.45) is 0 Å². The summed E-state index contributed by atoms with van der Waals surface area (Å²) in [6.07, 6.45) is 0.0522. The van der Waals surface area contributed by atoms with E-state index in [0.29, 0.717) is 21.2 Å². The standard InChI is InChI=1S/C23H20ClNO4S/c1-14-20(16-6-4-3-5-7-16)21(23(28)29-2)22(30-14)25-19(27)13-12-18(26)15-8-10-17(24)11-9-15/h3-11H,12-13H2,1-2H3,(H,25,27). The van der Waals surface area contributed by atoms with Crippen LogP contribution in [0.4, 0.5) is 5.00 Å². The number of methoxy groups -OCH3 is 1. The molecule has 1 N–H and O–H groups in total. The van der Waals surface area contributed by atoms with Gasteiger partial charge in [-0.3, -0.25) is 9.59 Å². The molecule has 0 bridgehead atoms. The van der Waals surface area contributed by atoms with E-state index in [1.807, 2.05) is 37.3 Å². The first-order chi connectivity index (χ1) is 14.4. The molecule has 0 saturated heterocycles. The van der Waals surface area contributed by atoms with E-state index in [-0.39, 0.29) is 24.5 Å². The first kappa shape index (κ1) is 21.7. The fourth-order valence-corrected chi connectivity index (χ4v) is 4.28. The summed E-state index contributed by atoms with van der Waals surface area (Å²) in [5.74, 6) is -1.02. The molecule has 0 aliphatic carbocycles. The number of hydrogen-bond acceptors (Lipinski definition) is 5. The Morgan fingerprint density at radius 3 is 2.30 bits per heavy atom. The summed E-state index contributed by atoms with van der Waals surface area (Å²) in [7, 11) is 1.31. The molecule has 7 heteroatoms. The smallest absolute Gasteiger partial charge is 0.341 e. The van der Waals surface area contributed by atoms with Gasteiger partial charge in [0, 0.05) is 33.9 Å². The van der Waals surface area contributed by atoms with Crippen molar-refractivity contribution in [1.82, 2.24) is 0 Å². The number of anilines is 1. The van der Waals surface area contributed by atoms with E-state index in [1.165, 1.54) is 18.4 Å². The van der Waals surface area contributed by atoms with Crippen LogP contribution in [0, 0.1) is 6.92 Å². The molecule has 0 saturated carbocycles. The zero-order chi connectivity index (χ0) is 21.7. The van der Waals surface area contributed by atoms with E-state index in [4.69, 9.17) is 16.3 Å². The van der Waals surface area contributed by atoms with E-state index in [2.05, 4.69) is 5.32 Å². The normalized spacial score (nSPS) is 10.5. The Morgan fingerprint density at radius 1 is 1.00 bits per heavy atom. The molecular formula is C23H20ClNO4S. The van der Waals surface area contributed by atoms with Crippen LogP contribution >= 0.6 is 22.9 Å². The summed E-state index contributed by atoms with van der Waals surface area (Å²) in [4.78, 5) is 38.1. The number of Topliss-reactive ketones (excluding diaryl/α,β-unsaturated/α-hetero) is 1. The van der Waals surface area contributed by atoms with Gasteiger partial charge in [0.25, 0.3) is 0 Å². The third kappa shape index (κ3) is 4.96. The fraction of sp³-hybridized carbons (Fsp3) is 0.174. The number of benzene rings is 2. The lowest BCUT2D eigenvalue weighted by Gasteiger charge is -2.08. The van der Waals surface area contributed by atoms with Gasteiger partial charge in [0.1, 0.15) is 10.6 Å². The van der Waals surface area contributed by atoms with Crippen molar-refractivity contribution in [1.29, 1.82) is 0 Å². The van der Waals surface area contributed by atoms with Crippen molar-refractivity contribution < 1.29 is 19.1 Å². The van der Waals surface area contributed by atoms with Gasteiger partial charge in [-0.25, -0.2) is 4.79 Å². The number of ketones is 1. The fourth-order valence-electron chi connectivity index (χ4n) is 3.08. The number of thiophene rings is 1. The van der Waals surface area contributed by atoms with Gasteiger partial charge in [0.15, 0.2) is 5.78 Å². The van der Waals surface area contributed by atoms with Gasteiger partial charge in [-0.1, -0.05) is 41.9 Å². The van der Waals surface area contributed by atoms with E-state index in [1.54, 1.807) is 24.3 Å². The van der Waals surface area contributed by atoms with E-state index in [9.17, 15) is 14.4 Å². The van der Waals surface area contributed by atoms with Crippen molar-refractivity contribution in [3.05, 3.63) is 75.6 Å². The summed E-state index contributed by atoms with van der Waals surface area (Å²) >= 11 is 7.14. The number of aryl methyl sites for hydroxylation is 1. The lowest BCUT2D eigenvalue weighted by molar-refractivity contribution is -0.116. The van der Waals surface area contributed by atoms with Gasteiger partial charge in [-0.2, -0.15) is 0 Å². The topological polar surface area (TPSA) is 72.5 Å². The Morgan fingerprint density at radius 2 is 1.67 bits per heavy atom. The van der Waals surface area contributed by atoms with Crippen LogP contribution in [0.15, 0.2) is 54.6 Å². The van der Waals surface area contributed by atoms with Gasteiger partial charge < -0.3 is 10.1 Å². The molecule has 5 nitrogen and oxygen atoms in total. The number of nitrogens with one attached hydrogen (secondary N) is 1. The number of ether oxygens (including phenoxy) is 1. The van der Waals surface area contributed by atoms with Crippen LogP contribution in [-0.4, -0.2) is 24.8 Å². The Labute approximate surface area is 183 Å². The molecule has 0 atom stereocenters. The highest BCUT2D eigenvalue weighted by Crippen LogP contribution is 2.40. The van der Waals surface area contributed by atoms with Crippen LogP contribution in [0.3, 0.4) is 0 Å². The average molecular weight is 442 g/mol. The average Bonchev–Trinajstić information content (AvgIpc) is 3.08. The molecule has 0 radical (unpaired) electrons. The van der Waals surface area contributed by atoms with Crippen LogP contribution in [-0.2, 0) is 9.53 Å². The van der Waals surface area contributed by atoms with Gasteiger partial charge in [-0.15, -0.1) is 11.3 Å². The van der Waals surface area contributed by atoms with Crippen LogP contribution in [0.1, 0.15) is 38.4 Å². The second-order valence-electron chi connectivity index (χ2n) is 6.57. The minimum absolute atomic E-state index is 0.000307. The number of esters is 1. The summed E-state index contributed by atoms with van der Waals surface area (Å²) in [5.41, 5.74) is 2.43. The molecule has 0 spiro atoms. The summed E-state index contributed by atoms with van der Waals surface area (Å²) in [6.45, 7) is 1.89. The number of hydrogen-bond donors (Lipinski definition) is 1. The Balaban J connectivity index is 1.77. The molecule has 2 aromatic carbocycles. The largest absolute Gasteiger partial charge is 0.465 e. The number of amides is 1. The highest BCUT2D eigenvalue weighted by atomic mass is 35.5. The van der Waals surface area contributed by atoms with Crippen molar-refractivity contribution in [2.45, 2.75) is 19.8 Å². The maximum absolute atomic E-state index is 12.5. The highest BCUT2D eigenvalue weighted by molar-refractivity contribution is 7.17. The SMILES string of the molecule is COC(=O)c1c(NC(=O)CCC(=O)c2ccc(Cl)cc2)sc(C)c1-c1ccccc1. The van der Waals surface area contributed by atoms with Crippen LogP contribution in [0.25, 0.3) is 11.1 Å². The first-order valence-electron chi connectivity index (χ1n) is 9.26. The molecule has 0 aliphatic heterocycles. The summed E-state index contributed by atoms with van der Waals surface area (Å²) in [5, 5.41) is 3.74. The molecule has 3 aromatic rings. The van der Waals surface area contributed by atoms with Gasteiger partial charge in [0.2, 0.25) is 5.91 Å². The quantitative estimate of drug-likeness (QED) is 0.373. The molecule has 0 aliphatic rings. The Kier molecular flexibility index (Phi) is 7.03.